The fourth-order valence-electron chi connectivity index (χ4n) is 1.11. The number of allylic oxidation sites excluding steroid dienone is 1. The molecule has 1 atom stereocenters. The molecule has 1 saturated heterocycles. The van der Waals surface area contributed by atoms with Gasteiger partial charge in [0.25, 0.3) is 5.79 Å². The van der Waals surface area contributed by atoms with E-state index in [1.807, 2.05) is 0 Å². The summed E-state index contributed by atoms with van der Waals surface area (Å²) in [5, 5.41) is 0. The number of hydrogen-bond donors (Lipinski definition) is 0. The molecular formula is C9H11F3O4. The van der Waals surface area contributed by atoms with Gasteiger partial charge in [-0.15, -0.1) is 0 Å². The average Bonchev–Trinajstić information content (AvgIpc) is 2.55. The maximum Gasteiger partial charge on any atom is 0.511 e. The summed E-state index contributed by atoms with van der Waals surface area (Å²) in [6, 6.07) is 0. The Labute approximate surface area is 90.0 Å². The van der Waals surface area contributed by atoms with Crippen molar-refractivity contribution in [3.05, 3.63) is 12.2 Å². The number of ether oxygens (including phenoxy) is 3. The zero-order chi connectivity index (χ0) is 12.2. The van der Waals surface area contributed by atoms with Gasteiger partial charge in [-0.05, 0) is 0 Å². The van der Waals surface area contributed by atoms with E-state index in [2.05, 4.69) is 4.74 Å². The maximum absolute atomic E-state index is 11.7. The second kappa shape index (κ2) is 4.73. The van der Waals surface area contributed by atoms with Gasteiger partial charge < -0.3 is 14.2 Å². The molecule has 1 fully saturated rings. The second-order valence-electron chi connectivity index (χ2n) is 3.16. The molecule has 1 aliphatic rings. The molecule has 1 rings (SSSR count). The van der Waals surface area contributed by atoms with E-state index in [0.29, 0.717) is 6.42 Å². The van der Waals surface area contributed by atoms with Crippen molar-refractivity contribution >= 4 is 6.16 Å². The van der Waals surface area contributed by atoms with Gasteiger partial charge in [-0.3, -0.25) is 0 Å². The largest absolute Gasteiger partial charge is 0.511 e. The van der Waals surface area contributed by atoms with Gasteiger partial charge in [-0.1, -0.05) is 13.0 Å². The van der Waals surface area contributed by atoms with E-state index >= 15 is 0 Å². The third-order valence-electron chi connectivity index (χ3n) is 1.97. The number of carbonyl (C=O) groups excluding carboxylic acids is 1. The van der Waals surface area contributed by atoms with Crippen LogP contribution < -0.4 is 0 Å². The Morgan fingerprint density at radius 3 is 2.69 bits per heavy atom. The van der Waals surface area contributed by atoms with Crippen molar-refractivity contribution in [3.8, 4) is 0 Å². The molecule has 1 heterocycles. The number of hydrogen-bond acceptors (Lipinski definition) is 4. The summed E-state index contributed by atoms with van der Waals surface area (Å²) in [6.45, 7) is 1.27. The van der Waals surface area contributed by atoms with Gasteiger partial charge in [-0.25, -0.2) is 4.79 Å². The summed E-state index contributed by atoms with van der Waals surface area (Å²) < 4.78 is 49.5. The highest BCUT2D eigenvalue weighted by Crippen LogP contribution is 2.25. The Morgan fingerprint density at radius 1 is 1.56 bits per heavy atom. The lowest BCUT2D eigenvalue weighted by molar-refractivity contribution is -0.174. The second-order valence-corrected chi connectivity index (χ2v) is 3.16. The van der Waals surface area contributed by atoms with E-state index in [0.717, 1.165) is 6.08 Å². The van der Waals surface area contributed by atoms with Crippen molar-refractivity contribution in [1.82, 2.24) is 0 Å². The van der Waals surface area contributed by atoms with Crippen LogP contribution in [0, 0.1) is 0 Å². The maximum atomic E-state index is 11.7. The molecule has 0 radical (unpaired) electrons. The van der Waals surface area contributed by atoms with Crippen molar-refractivity contribution in [2.45, 2.75) is 25.3 Å². The Hall–Kier alpha value is -1.24. The Kier molecular flexibility index (Phi) is 3.79. The first-order valence-electron chi connectivity index (χ1n) is 4.61. The van der Waals surface area contributed by atoms with E-state index in [4.69, 9.17) is 9.47 Å². The lowest BCUT2D eigenvalue weighted by atomic mass is 10.2. The molecule has 0 amide bonds. The molecule has 4 nitrogen and oxygen atoms in total. The van der Waals surface area contributed by atoms with Gasteiger partial charge in [0.05, 0.1) is 6.61 Å². The van der Waals surface area contributed by atoms with Crippen LogP contribution >= 0.6 is 0 Å². The fraction of sp³-hybridized carbons (Fsp3) is 0.667. The fourth-order valence-corrected chi connectivity index (χ4v) is 1.11. The minimum atomic E-state index is -4.37. The predicted octanol–water partition coefficient (Wildman–Crippen LogP) is 2.39. The SMILES string of the molecule is CCC1(OC/C=C\C(F)(F)F)COC(=O)O1. The van der Waals surface area contributed by atoms with Crippen LogP contribution in [-0.2, 0) is 14.2 Å². The molecule has 0 saturated carbocycles. The van der Waals surface area contributed by atoms with Gasteiger partial charge in [0.2, 0.25) is 0 Å². The van der Waals surface area contributed by atoms with E-state index in [-0.39, 0.29) is 19.3 Å². The van der Waals surface area contributed by atoms with Crippen LogP contribution in [0.5, 0.6) is 0 Å². The number of rotatable bonds is 4. The predicted molar refractivity (Wildman–Crippen MR) is 46.6 cm³/mol. The van der Waals surface area contributed by atoms with Crippen LogP contribution in [0.15, 0.2) is 12.2 Å². The van der Waals surface area contributed by atoms with Crippen molar-refractivity contribution < 1.29 is 32.2 Å². The molecule has 1 aliphatic heterocycles. The van der Waals surface area contributed by atoms with Crippen molar-refractivity contribution in [2.75, 3.05) is 13.2 Å². The summed E-state index contributed by atoms with van der Waals surface area (Å²) in [5.74, 6) is -1.26. The van der Waals surface area contributed by atoms with Crippen molar-refractivity contribution in [1.29, 1.82) is 0 Å². The number of alkyl halides is 3. The third-order valence-corrected chi connectivity index (χ3v) is 1.97. The number of carbonyl (C=O) groups is 1. The average molecular weight is 240 g/mol. The molecule has 0 spiro atoms. The van der Waals surface area contributed by atoms with Crippen LogP contribution in [0.4, 0.5) is 18.0 Å². The summed E-state index contributed by atoms with van der Waals surface area (Å²) >= 11 is 0. The van der Waals surface area contributed by atoms with Crippen LogP contribution in [0.3, 0.4) is 0 Å². The Bertz CT molecular complexity index is 287. The molecule has 7 heteroatoms. The van der Waals surface area contributed by atoms with Crippen molar-refractivity contribution in [2.24, 2.45) is 0 Å². The molecule has 0 aromatic rings. The molecule has 0 aliphatic carbocycles. The summed E-state index contributed by atoms with van der Waals surface area (Å²) in [7, 11) is 0. The lowest BCUT2D eigenvalue weighted by Crippen LogP contribution is -2.34. The first-order valence-corrected chi connectivity index (χ1v) is 4.61. The van der Waals surface area contributed by atoms with Crippen LogP contribution in [0.1, 0.15) is 13.3 Å². The van der Waals surface area contributed by atoms with E-state index in [9.17, 15) is 18.0 Å². The molecule has 0 bridgehead atoms. The van der Waals surface area contributed by atoms with E-state index < -0.39 is 18.1 Å². The standard InChI is InChI=1S/C9H11F3O4/c1-2-8(6-14-7(13)16-8)15-5-3-4-9(10,11)12/h3-4H,2,5-6H2,1H3/b4-3-. The number of cyclic esters (lactones) is 2. The quantitative estimate of drug-likeness (QED) is 0.559. The zero-order valence-electron chi connectivity index (χ0n) is 8.54. The van der Waals surface area contributed by atoms with E-state index in [1.54, 1.807) is 6.92 Å². The lowest BCUT2D eigenvalue weighted by Gasteiger charge is -2.22. The smallest absolute Gasteiger partial charge is 0.427 e. The van der Waals surface area contributed by atoms with Crippen LogP contribution in [0.2, 0.25) is 0 Å². The van der Waals surface area contributed by atoms with E-state index in [1.165, 1.54) is 0 Å². The molecule has 16 heavy (non-hydrogen) atoms. The monoisotopic (exact) mass is 240 g/mol. The molecular weight excluding hydrogens is 229 g/mol. The topological polar surface area (TPSA) is 44.8 Å². The van der Waals surface area contributed by atoms with Crippen molar-refractivity contribution in [3.63, 3.8) is 0 Å². The summed E-state index contributed by atoms with van der Waals surface area (Å²) in [4.78, 5) is 10.7. The van der Waals surface area contributed by atoms with Crippen LogP contribution in [-0.4, -0.2) is 31.3 Å². The minimum Gasteiger partial charge on any atom is -0.427 e. The highest BCUT2D eigenvalue weighted by molar-refractivity contribution is 5.62. The summed E-state index contributed by atoms with van der Waals surface area (Å²) in [5.41, 5.74) is 0. The molecule has 92 valence electrons. The number of halogens is 3. The molecule has 0 N–H and O–H groups in total. The van der Waals surface area contributed by atoms with Gasteiger partial charge in [0.1, 0.15) is 0 Å². The Morgan fingerprint density at radius 2 is 2.25 bits per heavy atom. The zero-order valence-corrected chi connectivity index (χ0v) is 8.54. The normalized spacial score (nSPS) is 25.9. The summed E-state index contributed by atoms with van der Waals surface area (Å²) in [6.07, 6.45) is -4.07. The first kappa shape index (κ1) is 12.8. The van der Waals surface area contributed by atoms with Crippen LogP contribution in [0.25, 0.3) is 0 Å². The minimum absolute atomic E-state index is 0.0635. The van der Waals surface area contributed by atoms with Gasteiger partial charge in [-0.2, -0.15) is 13.2 Å². The van der Waals surface area contributed by atoms with Gasteiger partial charge in [0, 0.05) is 12.5 Å². The third kappa shape index (κ3) is 3.73. The van der Waals surface area contributed by atoms with Gasteiger partial charge in [0.15, 0.2) is 6.61 Å². The molecule has 1 unspecified atom stereocenters. The van der Waals surface area contributed by atoms with Gasteiger partial charge >= 0.3 is 12.3 Å². The first-order chi connectivity index (χ1) is 7.37. The highest BCUT2D eigenvalue weighted by Gasteiger charge is 2.41. The highest BCUT2D eigenvalue weighted by atomic mass is 19.4. The molecule has 0 aromatic heterocycles. The molecule has 0 aromatic carbocycles. The Balaban J connectivity index is 2.41.